The quantitative estimate of drug-likeness (QED) is 0.585. The molecule has 14 heavy (non-hydrogen) atoms. The molecule has 0 aromatic carbocycles. The fraction of sp³-hybridized carbons (Fsp3) is 0.286. The molecule has 3 N–H and O–H groups in total. The fourth-order valence-electron chi connectivity index (χ4n) is 1.35. The third-order valence-corrected chi connectivity index (χ3v) is 2.98. The highest BCUT2D eigenvalue weighted by Gasteiger charge is 2.81. The summed E-state index contributed by atoms with van der Waals surface area (Å²) in [6.07, 6.45) is 0.943. The summed E-state index contributed by atoms with van der Waals surface area (Å²) >= 11 is 11.0. The second kappa shape index (κ2) is 2.43. The van der Waals surface area contributed by atoms with Gasteiger partial charge in [-0.3, -0.25) is 0 Å². The molecule has 2 aliphatic rings. The SMILES string of the molecule is O=C(O)C12OC1(O)C(Cl)=CC(O)=C2Cl. The van der Waals surface area contributed by atoms with Crippen molar-refractivity contribution in [3.63, 3.8) is 0 Å². The summed E-state index contributed by atoms with van der Waals surface area (Å²) in [7, 11) is 0. The predicted octanol–water partition coefficient (Wildman–Crippen LogP) is 0.673. The highest BCUT2D eigenvalue weighted by molar-refractivity contribution is 6.37. The first-order chi connectivity index (χ1) is 6.36. The van der Waals surface area contributed by atoms with Crippen LogP contribution in [0.25, 0.3) is 0 Å². The van der Waals surface area contributed by atoms with E-state index in [1.165, 1.54) is 0 Å². The number of aliphatic hydroxyl groups excluding tert-OH is 1. The number of hydrogen-bond donors (Lipinski definition) is 3. The summed E-state index contributed by atoms with van der Waals surface area (Å²) in [5, 5.41) is 26.8. The standard InChI is InChI=1S/C7H4Cl2O5/c8-3-1-2(10)4(9)6(5(11)12)7(3,13)14-6/h1,10,13H,(H,11,12). The van der Waals surface area contributed by atoms with Crippen molar-refractivity contribution < 1.29 is 24.9 Å². The van der Waals surface area contributed by atoms with E-state index in [0.717, 1.165) is 6.08 Å². The molecular weight excluding hydrogens is 235 g/mol. The van der Waals surface area contributed by atoms with E-state index in [2.05, 4.69) is 4.74 Å². The molecule has 1 saturated heterocycles. The average Bonchev–Trinajstić information content (AvgIpc) is 2.73. The van der Waals surface area contributed by atoms with Crippen LogP contribution in [-0.2, 0) is 9.53 Å². The van der Waals surface area contributed by atoms with Gasteiger partial charge in [0.05, 0.1) is 5.03 Å². The van der Waals surface area contributed by atoms with E-state index in [1.54, 1.807) is 0 Å². The minimum atomic E-state index is -2.15. The van der Waals surface area contributed by atoms with Crippen molar-refractivity contribution in [3.05, 3.63) is 21.9 Å². The molecule has 2 atom stereocenters. The topological polar surface area (TPSA) is 90.3 Å². The number of aliphatic hydroxyl groups is 2. The van der Waals surface area contributed by atoms with Gasteiger partial charge in [0.25, 0.3) is 11.4 Å². The summed E-state index contributed by atoms with van der Waals surface area (Å²) in [5.41, 5.74) is -2.15. The number of carboxylic acids is 1. The van der Waals surface area contributed by atoms with Crippen molar-refractivity contribution in [3.8, 4) is 0 Å². The van der Waals surface area contributed by atoms with E-state index in [-0.39, 0.29) is 5.03 Å². The monoisotopic (exact) mass is 238 g/mol. The molecule has 1 aliphatic heterocycles. The van der Waals surface area contributed by atoms with Crippen LogP contribution in [0.2, 0.25) is 0 Å². The maximum Gasteiger partial charge on any atom is 0.348 e. The third-order valence-electron chi connectivity index (χ3n) is 2.16. The molecule has 0 radical (unpaired) electrons. The zero-order valence-electron chi connectivity index (χ0n) is 6.49. The van der Waals surface area contributed by atoms with E-state index in [4.69, 9.17) is 28.3 Å². The van der Waals surface area contributed by atoms with Gasteiger partial charge in [-0.25, -0.2) is 4.79 Å². The molecule has 5 nitrogen and oxygen atoms in total. The van der Waals surface area contributed by atoms with Crippen molar-refractivity contribution in [2.24, 2.45) is 0 Å². The number of hydrogen-bond acceptors (Lipinski definition) is 4. The Morgan fingerprint density at radius 3 is 2.57 bits per heavy atom. The molecular formula is C7H4Cl2O5. The van der Waals surface area contributed by atoms with Crippen LogP contribution in [0.5, 0.6) is 0 Å². The lowest BCUT2D eigenvalue weighted by molar-refractivity contribution is -0.141. The molecule has 1 heterocycles. The zero-order valence-corrected chi connectivity index (χ0v) is 8.00. The largest absolute Gasteiger partial charge is 0.507 e. The third kappa shape index (κ3) is 0.808. The van der Waals surface area contributed by atoms with Crippen molar-refractivity contribution >= 4 is 29.2 Å². The predicted molar refractivity (Wildman–Crippen MR) is 45.8 cm³/mol. The molecule has 2 unspecified atom stereocenters. The normalized spacial score (nSPS) is 40.4. The van der Waals surface area contributed by atoms with E-state index in [1.807, 2.05) is 0 Å². The first-order valence-corrected chi connectivity index (χ1v) is 4.24. The van der Waals surface area contributed by atoms with Gasteiger partial charge in [-0.15, -0.1) is 0 Å². The van der Waals surface area contributed by atoms with Crippen molar-refractivity contribution in [1.29, 1.82) is 0 Å². The van der Waals surface area contributed by atoms with E-state index in [9.17, 15) is 15.0 Å². The minimum Gasteiger partial charge on any atom is -0.507 e. The Kier molecular flexibility index (Phi) is 1.70. The molecule has 0 amide bonds. The van der Waals surface area contributed by atoms with Crippen LogP contribution >= 0.6 is 23.2 Å². The number of allylic oxidation sites excluding steroid dienone is 1. The molecule has 0 spiro atoms. The molecule has 2 rings (SSSR count). The van der Waals surface area contributed by atoms with Gasteiger partial charge < -0.3 is 20.1 Å². The molecule has 7 heteroatoms. The molecule has 0 saturated carbocycles. The number of halogens is 2. The van der Waals surface area contributed by atoms with Crippen LogP contribution in [-0.4, -0.2) is 32.7 Å². The number of carboxylic acid groups (broad SMARTS) is 1. The van der Waals surface area contributed by atoms with Crippen molar-refractivity contribution in [2.45, 2.75) is 11.4 Å². The molecule has 1 fully saturated rings. The summed E-state index contributed by atoms with van der Waals surface area (Å²) < 4.78 is 4.62. The van der Waals surface area contributed by atoms with Crippen molar-refractivity contribution in [2.75, 3.05) is 0 Å². The minimum absolute atomic E-state index is 0.318. The smallest absolute Gasteiger partial charge is 0.348 e. The Balaban J connectivity index is 2.61. The van der Waals surface area contributed by atoms with Crippen LogP contribution in [0.3, 0.4) is 0 Å². The summed E-state index contributed by atoms with van der Waals surface area (Å²) in [6.45, 7) is 0. The Bertz CT molecular complexity index is 401. The number of rotatable bonds is 1. The Morgan fingerprint density at radius 2 is 2.07 bits per heavy atom. The Morgan fingerprint density at radius 1 is 1.50 bits per heavy atom. The highest BCUT2D eigenvalue weighted by Crippen LogP contribution is 2.60. The van der Waals surface area contributed by atoms with Crippen LogP contribution < -0.4 is 0 Å². The van der Waals surface area contributed by atoms with Gasteiger partial charge in [-0.05, 0) is 0 Å². The van der Waals surface area contributed by atoms with Gasteiger partial charge in [0.2, 0.25) is 0 Å². The van der Waals surface area contributed by atoms with E-state index >= 15 is 0 Å². The first-order valence-electron chi connectivity index (χ1n) is 3.49. The van der Waals surface area contributed by atoms with E-state index < -0.39 is 28.1 Å². The van der Waals surface area contributed by atoms with Crippen LogP contribution in [0.1, 0.15) is 0 Å². The zero-order chi connectivity index (χ0) is 10.7. The summed E-state index contributed by atoms with van der Waals surface area (Å²) in [6, 6.07) is 0. The lowest BCUT2D eigenvalue weighted by atomic mass is 9.96. The number of fused-ring (bicyclic) bond motifs is 1. The maximum absolute atomic E-state index is 10.8. The second-order valence-corrected chi connectivity index (χ2v) is 3.71. The van der Waals surface area contributed by atoms with E-state index in [0.29, 0.717) is 0 Å². The molecule has 1 aliphatic carbocycles. The highest BCUT2D eigenvalue weighted by atomic mass is 35.5. The number of aliphatic carboxylic acids is 1. The Labute approximate surface area is 87.8 Å². The van der Waals surface area contributed by atoms with Crippen LogP contribution in [0, 0.1) is 0 Å². The maximum atomic E-state index is 10.8. The van der Waals surface area contributed by atoms with Gasteiger partial charge in [0.15, 0.2) is 0 Å². The molecule has 0 aromatic rings. The van der Waals surface area contributed by atoms with Crippen LogP contribution in [0.4, 0.5) is 0 Å². The first kappa shape index (κ1) is 9.79. The number of carbonyl (C=O) groups is 1. The van der Waals surface area contributed by atoms with Crippen LogP contribution in [0.15, 0.2) is 21.9 Å². The molecule has 76 valence electrons. The summed E-state index contributed by atoms with van der Waals surface area (Å²) in [4.78, 5) is 10.8. The second-order valence-electron chi connectivity index (χ2n) is 2.92. The van der Waals surface area contributed by atoms with Gasteiger partial charge in [-0.2, -0.15) is 0 Å². The fourth-order valence-corrected chi connectivity index (χ4v) is 1.93. The summed E-state index contributed by atoms with van der Waals surface area (Å²) in [5.74, 6) is -4.19. The molecule has 0 aromatic heterocycles. The van der Waals surface area contributed by atoms with Gasteiger partial charge in [0.1, 0.15) is 10.8 Å². The number of ether oxygens (including phenoxy) is 1. The Hall–Kier alpha value is -0.750. The molecule has 0 bridgehead atoms. The lowest BCUT2D eigenvalue weighted by Crippen LogP contribution is -2.37. The van der Waals surface area contributed by atoms with Gasteiger partial charge in [-0.1, -0.05) is 23.2 Å². The average molecular weight is 239 g/mol. The lowest BCUT2D eigenvalue weighted by Gasteiger charge is -2.15. The number of epoxide rings is 1. The van der Waals surface area contributed by atoms with Gasteiger partial charge in [0, 0.05) is 6.08 Å². The van der Waals surface area contributed by atoms with Crippen molar-refractivity contribution in [1.82, 2.24) is 0 Å². The van der Waals surface area contributed by atoms with Gasteiger partial charge >= 0.3 is 5.97 Å².